The van der Waals surface area contributed by atoms with Crippen LogP contribution in [0.1, 0.15) is 39.6 Å². The molecule has 0 saturated heterocycles. The predicted octanol–water partition coefficient (Wildman–Crippen LogP) is 4.91. The average Bonchev–Trinajstić information content (AvgIpc) is 2.96. The molecule has 144 valence electrons. The minimum Gasteiger partial charge on any atom is -0.493 e. The summed E-state index contributed by atoms with van der Waals surface area (Å²) in [7, 11) is 0. The molecular formula is C21H19BrClN3O2. The van der Waals surface area contributed by atoms with Gasteiger partial charge in [0.1, 0.15) is 10.9 Å². The van der Waals surface area contributed by atoms with Gasteiger partial charge in [0.2, 0.25) is 0 Å². The van der Waals surface area contributed by atoms with Crippen LogP contribution < -0.4 is 10.1 Å². The third-order valence-electron chi connectivity index (χ3n) is 4.78. The first-order valence-electron chi connectivity index (χ1n) is 9.03. The molecule has 0 radical (unpaired) electrons. The Morgan fingerprint density at radius 2 is 2.11 bits per heavy atom. The Labute approximate surface area is 176 Å². The molecule has 1 aromatic heterocycles. The van der Waals surface area contributed by atoms with Crippen LogP contribution >= 0.6 is 27.5 Å². The lowest BCUT2D eigenvalue weighted by Gasteiger charge is -2.27. The number of hydrogen-bond donors (Lipinski definition) is 1. The topological polar surface area (TPSA) is 56.2 Å². The molecule has 3 aromatic rings. The van der Waals surface area contributed by atoms with Crippen molar-refractivity contribution in [2.75, 3.05) is 6.61 Å². The van der Waals surface area contributed by atoms with Crippen molar-refractivity contribution in [1.82, 2.24) is 15.1 Å². The van der Waals surface area contributed by atoms with Crippen LogP contribution in [-0.4, -0.2) is 22.3 Å². The molecule has 1 aliphatic heterocycles. The number of aromatic nitrogens is 2. The number of fused-ring (bicyclic) bond motifs is 1. The number of aryl methyl sites for hydroxylation is 1. The molecule has 5 nitrogen and oxygen atoms in total. The second-order valence-electron chi connectivity index (χ2n) is 6.74. The Bertz CT molecular complexity index is 1020. The van der Waals surface area contributed by atoms with Crippen LogP contribution in [-0.2, 0) is 6.54 Å². The van der Waals surface area contributed by atoms with E-state index in [0.29, 0.717) is 36.0 Å². The van der Waals surface area contributed by atoms with E-state index in [0.717, 1.165) is 21.3 Å². The van der Waals surface area contributed by atoms with Crippen molar-refractivity contribution < 1.29 is 9.53 Å². The molecule has 1 N–H and O–H groups in total. The van der Waals surface area contributed by atoms with Crippen LogP contribution in [0, 0.1) is 6.92 Å². The SMILES string of the molecule is Cc1nn(Cc2ccccc2)c(Cl)c1C(=O)NC1CCOc2ccc(Br)cc21. The highest BCUT2D eigenvalue weighted by Gasteiger charge is 2.27. The third kappa shape index (κ3) is 3.80. The van der Waals surface area contributed by atoms with Gasteiger partial charge in [-0.3, -0.25) is 4.79 Å². The molecule has 4 rings (SSSR count). The van der Waals surface area contributed by atoms with E-state index in [2.05, 4.69) is 26.3 Å². The van der Waals surface area contributed by atoms with Crippen molar-refractivity contribution in [2.45, 2.75) is 25.9 Å². The van der Waals surface area contributed by atoms with Gasteiger partial charge in [-0.2, -0.15) is 5.10 Å². The van der Waals surface area contributed by atoms with Gasteiger partial charge in [0.15, 0.2) is 0 Å². The molecule has 1 aliphatic rings. The smallest absolute Gasteiger partial charge is 0.256 e. The van der Waals surface area contributed by atoms with Crippen molar-refractivity contribution in [2.24, 2.45) is 0 Å². The Morgan fingerprint density at radius 3 is 2.89 bits per heavy atom. The monoisotopic (exact) mass is 459 g/mol. The summed E-state index contributed by atoms with van der Waals surface area (Å²) in [5.74, 6) is 0.571. The maximum absolute atomic E-state index is 13.0. The zero-order chi connectivity index (χ0) is 19.7. The van der Waals surface area contributed by atoms with Gasteiger partial charge in [-0.1, -0.05) is 57.9 Å². The summed E-state index contributed by atoms with van der Waals surface area (Å²) >= 11 is 10.0. The molecule has 0 saturated carbocycles. The van der Waals surface area contributed by atoms with Crippen molar-refractivity contribution in [3.05, 3.63) is 80.5 Å². The average molecular weight is 461 g/mol. The zero-order valence-corrected chi connectivity index (χ0v) is 17.6. The van der Waals surface area contributed by atoms with Crippen LogP contribution in [0.2, 0.25) is 5.15 Å². The van der Waals surface area contributed by atoms with E-state index in [4.69, 9.17) is 16.3 Å². The van der Waals surface area contributed by atoms with E-state index in [1.807, 2.05) is 48.5 Å². The van der Waals surface area contributed by atoms with Gasteiger partial charge in [0.25, 0.3) is 5.91 Å². The van der Waals surface area contributed by atoms with Crippen molar-refractivity contribution in [3.8, 4) is 5.75 Å². The minimum absolute atomic E-state index is 0.137. The number of amides is 1. The molecule has 7 heteroatoms. The molecule has 2 aromatic carbocycles. The van der Waals surface area contributed by atoms with E-state index in [1.165, 1.54) is 0 Å². The van der Waals surface area contributed by atoms with Crippen molar-refractivity contribution in [3.63, 3.8) is 0 Å². The number of rotatable bonds is 4. The highest BCUT2D eigenvalue weighted by atomic mass is 79.9. The normalized spacial score (nSPS) is 15.6. The molecule has 1 amide bonds. The van der Waals surface area contributed by atoms with Crippen LogP contribution in [0.15, 0.2) is 53.0 Å². The summed E-state index contributed by atoms with van der Waals surface area (Å²) in [5, 5.41) is 7.92. The number of benzene rings is 2. The first-order chi connectivity index (χ1) is 13.5. The Balaban J connectivity index is 1.57. The number of nitrogens with zero attached hydrogens (tertiary/aromatic N) is 2. The molecule has 2 heterocycles. The minimum atomic E-state index is -0.223. The second kappa shape index (κ2) is 7.97. The number of nitrogens with one attached hydrogen (secondary N) is 1. The van der Waals surface area contributed by atoms with Crippen LogP contribution in [0.25, 0.3) is 0 Å². The van der Waals surface area contributed by atoms with E-state index < -0.39 is 0 Å². The molecule has 1 unspecified atom stereocenters. The largest absolute Gasteiger partial charge is 0.493 e. The third-order valence-corrected chi connectivity index (χ3v) is 5.66. The molecule has 0 fully saturated rings. The summed E-state index contributed by atoms with van der Waals surface area (Å²) < 4.78 is 8.31. The first-order valence-corrected chi connectivity index (χ1v) is 10.2. The van der Waals surface area contributed by atoms with Gasteiger partial charge in [0.05, 0.1) is 30.5 Å². The molecule has 28 heavy (non-hydrogen) atoms. The second-order valence-corrected chi connectivity index (χ2v) is 8.01. The highest BCUT2D eigenvalue weighted by Crippen LogP contribution is 2.34. The summed E-state index contributed by atoms with van der Waals surface area (Å²) in [4.78, 5) is 13.0. The van der Waals surface area contributed by atoms with Crippen LogP contribution in [0.3, 0.4) is 0 Å². The lowest BCUT2D eigenvalue weighted by atomic mass is 10.00. The standard InChI is InChI=1S/C21H19BrClN3O2/c1-13-19(20(23)26(25-13)12-14-5-3-2-4-6-14)21(27)24-17-9-10-28-18-8-7-15(22)11-16(17)18/h2-8,11,17H,9-10,12H2,1H3,(H,24,27). The van der Waals surface area contributed by atoms with E-state index in [9.17, 15) is 4.79 Å². The van der Waals surface area contributed by atoms with E-state index >= 15 is 0 Å². The van der Waals surface area contributed by atoms with Crippen LogP contribution in [0.5, 0.6) is 5.75 Å². The molecule has 1 atom stereocenters. The number of hydrogen-bond acceptors (Lipinski definition) is 3. The van der Waals surface area contributed by atoms with Gasteiger partial charge in [-0.15, -0.1) is 0 Å². The lowest BCUT2D eigenvalue weighted by Crippen LogP contribution is -2.32. The number of ether oxygens (including phenoxy) is 1. The molecule has 0 bridgehead atoms. The molecule has 0 spiro atoms. The van der Waals surface area contributed by atoms with Gasteiger partial charge < -0.3 is 10.1 Å². The predicted molar refractivity (Wildman–Crippen MR) is 112 cm³/mol. The maximum atomic E-state index is 13.0. The van der Waals surface area contributed by atoms with E-state index in [1.54, 1.807) is 11.6 Å². The lowest BCUT2D eigenvalue weighted by molar-refractivity contribution is 0.0924. The zero-order valence-electron chi connectivity index (χ0n) is 15.3. The van der Waals surface area contributed by atoms with Gasteiger partial charge in [0, 0.05) is 16.5 Å². The van der Waals surface area contributed by atoms with Crippen molar-refractivity contribution >= 4 is 33.4 Å². The fourth-order valence-corrected chi connectivity index (χ4v) is 4.12. The molecule has 0 aliphatic carbocycles. The molecular weight excluding hydrogens is 442 g/mol. The van der Waals surface area contributed by atoms with E-state index in [-0.39, 0.29) is 11.9 Å². The summed E-state index contributed by atoms with van der Waals surface area (Å²) in [6.45, 7) is 2.87. The fourth-order valence-electron chi connectivity index (χ4n) is 3.42. The summed E-state index contributed by atoms with van der Waals surface area (Å²) in [5.41, 5.74) is 3.06. The maximum Gasteiger partial charge on any atom is 0.256 e. The van der Waals surface area contributed by atoms with Crippen LogP contribution in [0.4, 0.5) is 0 Å². The van der Waals surface area contributed by atoms with Gasteiger partial charge in [-0.05, 0) is 30.7 Å². The summed E-state index contributed by atoms with van der Waals surface area (Å²) in [6, 6.07) is 15.6. The Hall–Kier alpha value is -2.31. The fraction of sp³-hybridized carbons (Fsp3) is 0.238. The number of carbonyl (C=O) groups is 1. The Kier molecular flexibility index (Phi) is 5.42. The van der Waals surface area contributed by atoms with Crippen molar-refractivity contribution in [1.29, 1.82) is 0 Å². The van der Waals surface area contributed by atoms with Gasteiger partial charge >= 0.3 is 0 Å². The summed E-state index contributed by atoms with van der Waals surface area (Å²) in [6.07, 6.45) is 0.698. The van der Waals surface area contributed by atoms with Gasteiger partial charge in [-0.25, -0.2) is 4.68 Å². The number of carbonyl (C=O) groups excluding carboxylic acids is 1. The first kappa shape index (κ1) is 19.0. The highest BCUT2D eigenvalue weighted by molar-refractivity contribution is 9.10. The number of halogens is 2. The Morgan fingerprint density at radius 1 is 1.32 bits per heavy atom. The quantitative estimate of drug-likeness (QED) is 0.602.